The maximum Gasteiger partial charge on any atom is 0.410 e. The highest BCUT2D eigenvalue weighted by Crippen LogP contribution is 2.20. The Labute approximate surface area is 91.4 Å². The number of rotatable bonds is 1. The molecule has 0 saturated carbocycles. The first kappa shape index (κ1) is 11.8. The van der Waals surface area contributed by atoms with Crippen molar-refractivity contribution < 1.29 is 9.53 Å². The Morgan fingerprint density at radius 3 is 2.47 bits per heavy atom. The Balaban J connectivity index is 2.57. The lowest BCUT2D eigenvalue weighted by atomic mass is 10.2. The first-order valence-corrected chi connectivity index (χ1v) is 5.12. The number of hydrogen-bond donors (Lipinski definition) is 0. The van der Waals surface area contributed by atoms with Gasteiger partial charge < -0.3 is 4.74 Å². The van der Waals surface area contributed by atoms with Crippen LogP contribution in [0.3, 0.4) is 0 Å². The molecular formula is C12H19NO2. The van der Waals surface area contributed by atoms with Crippen LogP contribution in [0.4, 0.5) is 4.79 Å². The largest absolute Gasteiger partial charge is 0.444 e. The van der Waals surface area contributed by atoms with E-state index in [-0.39, 0.29) is 6.09 Å². The molecule has 0 aromatic rings. The molecule has 15 heavy (non-hydrogen) atoms. The number of nitrogens with zero attached hydrogens (tertiary/aromatic N) is 1. The average molecular weight is 209 g/mol. The zero-order valence-electron chi connectivity index (χ0n) is 9.96. The molecule has 0 fully saturated rings. The third-order valence-corrected chi connectivity index (χ3v) is 2.24. The van der Waals surface area contributed by atoms with Crippen LogP contribution in [-0.2, 0) is 4.74 Å². The molecule has 1 aliphatic heterocycles. The van der Waals surface area contributed by atoms with Gasteiger partial charge in [-0.25, -0.2) is 4.79 Å². The lowest BCUT2D eigenvalue weighted by Crippen LogP contribution is -2.35. The Hall–Kier alpha value is -1.25. The number of hydrogen-bond acceptors (Lipinski definition) is 2. The standard InChI is InChI=1S/C12H19NO2/c1-6-10-8-13(7-9(10)2)11(14)15-12(3,4)5/h6H,1,7-8H2,2-5H3. The molecule has 0 atom stereocenters. The summed E-state index contributed by atoms with van der Waals surface area (Å²) in [5.74, 6) is 0. The van der Waals surface area contributed by atoms with Crippen LogP contribution in [0, 0.1) is 0 Å². The number of carbonyl (C=O) groups excluding carboxylic acids is 1. The SMILES string of the molecule is C=CC1=C(C)CN(C(=O)OC(C)(C)C)C1. The van der Waals surface area contributed by atoms with Crippen LogP contribution in [0.25, 0.3) is 0 Å². The van der Waals surface area contributed by atoms with Gasteiger partial charge >= 0.3 is 6.09 Å². The molecule has 0 aromatic carbocycles. The number of ether oxygens (including phenoxy) is 1. The predicted octanol–water partition coefficient (Wildman–Crippen LogP) is 2.74. The molecule has 0 saturated heterocycles. The van der Waals surface area contributed by atoms with Gasteiger partial charge in [-0.15, -0.1) is 0 Å². The van der Waals surface area contributed by atoms with Gasteiger partial charge in [0.05, 0.1) is 0 Å². The topological polar surface area (TPSA) is 29.5 Å². The zero-order valence-corrected chi connectivity index (χ0v) is 9.96. The van der Waals surface area contributed by atoms with Gasteiger partial charge in [0.15, 0.2) is 0 Å². The maximum absolute atomic E-state index is 11.7. The van der Waals surface area contributed by atoms with Crippen LogP contribution in [0.15, 0.2) is 23.8 Å². The normalized spacial score (nSPS) is 16.9. The van der Waals surface area contributed by atoms with E-state index in [1.54, 1.807) is 11.0 Å². The van der Waals surface area contributed by atoms with Gasteiger partial charge in [0.2, 0.25) is 0 Å². The van der Waals surface area contributed by atoms with Gasteiger partial charge in [0.25, 0.3) is 0 Å². The Morgan fingerprint density at radius 1 is 1.47 bits per heavy atom. The van der Waals surface area contributed by atoms with E-state index >= 15 is 0 Å². The average Bonchev–Trinajstić information content (AvgIpc) is 2.43. The van der Waals surface area contributed by atoms with Crippen LogP contribution >= 0.6 is 0 Å². The zero-order chi connectivity index (χ0) is 11.6. The van der Waals surface area contributed by atoms with Gasteiger partial charge in [0, 0.05) is 13.1 Å². The van der Waals surface area contributed by atoms with Crippen molar-refractivity contribution in [3.8, 4) is 0 Å². The molecule has 0 unspecified atom stereocenters. The highest BCUT2D eigenvalue weighted by Gasteiger charge is 2.26. The molecule has 1 heterocycles. The van der Waals surface area contributed by atoms with E-state index < -0.39 is 5.60 Å². The Bertz CT molecular complexity index is 310. The van der Waals surface area contributed by atoms with E-state index in [1.807, 2.05) is 27.7 Å². The molecule has 0 bridgehead atoms. The summed E-state index contributed by atoms with van der Waals surface area (Å²) >= 11 is 0. The van der Waals surface area contributed by atoms with E-state index in [1.165, 1.54) is 5.57 Å². The summed E-state index contributed by atoms with van der Waals surface area (Å²) in [5.41, 5.74) is 1.89. The quantitative estimate of drug-likeness (QED) is 0.664. The lowest BCUT2D eigenvalue weighted by Gasteiger charge is -2.24. The summed E-state index contributed by atoms with van der Waals surface area (Å²) < 4.78 is 5.29. The van der Waals surface area contributed by atoms with Crippen LogP contribution in [-0.4, -0.2) is 29.7 Å². The van der Waals surface area contributed by atoms with Gasteiger partial charge in [-0.05, 0) is 38.8 Å². The van der Waals surface area contributed by atoms with Gasteiger partial charge in [0.1, 0.15) is 5.60 Å². The van der Waals surface area contributed by atoms with E-state index in [9.17, 15) is 4.79 Å². The fourth-order valence-electron chi connectivity index (χ4n) is 1.48. The highest BCUT2D eigenvalue weighted by atomic mass is 16.6. The predicted molar refractivity (Wildman–Crippen MR) is 60.7 cm³/mol. The van der Waals surface area contributed by atoms with Crippen molar-refractivity contribution in [2.75, 3.05) is 13.1 Å². The van der Waals surface area contributed by atoms with Gasteiger partial charge in [-0.2, -0.15) is 0 Å². The summed E-state index contributed by atoms with van der Waals surface area (Å²) in [6.07, 6.45) is 1.55. The van der Waals surface area contributed by atoms with E-state index in [0.29, 0.717) is 13.1 Å². The first-order chi connectivity index (χ1) is 6.83. The Kier molecular flexibility index (Phi) is 3.22. The summed E-state index contributed by atoms with van der Waals surface area (Å²) in [4.78, 5) is 13.4. The van der Waals surface area contributed by atoms with Crippen molar-refractivity contribution in [2.24, 2.45) is 0 Å². The fraction of sp³-hybridized carbons (Fsp3) is 0.583. The molecule has 0 N–H and O–H groups in total. The molecule has 0 aromatic heterocycles. The molecule has 3 nitrogen and oxygen atoms in total. The van der Waals surface area contributed by atoms with Crippen LogP contribution in [0.5, 0.6) is 0 Å². The number of carbonyl (C=O) groups is 1. The molecule has 3 heteroatoms. The molecule has 0 spiro atoms. The molecule has 1 rings (SSSR count). The fourth-order valence-corrected chi connectivity index (χ4v) is 1.48. The Morgan fingerprint density at radius 2 is 2.07 bits per heavy atom. The third kappa shape index (κ3) is 3.11. The van der Waals surface area contributed by atoms with Crippen molar-refractivity contribution in [3.63, 3.8) is 0 Å². The van der Waals surface area contributed by atoms with Crippen molar-refractivity contribution in [2.45, 2.75) is 33.3 Å². The molecule has 1 amide bonds. The van der Waals surface area contributed by atoms with Crippen molar-refractivity contribution in [1.29, 1.82) is 0 Å². The van der Waals surface area contributed by atoms with E-state index in [0.717, 1.165) is 5.57 Å². The molecule has 0 radical (unpaired) electrons. The second kappa shape index (κ2) is 4.09. The van der Waals surface area contributed by atoms with Crippen molar-refractivity contribution in [1.82, 2.24) is 4.90 Å². The van der Waals surface area contributed by atoms with Crippen LogP contribution in [0.1, 0.15) is 27.7 Å². The van der Waals surface area contributed by atoms with Crippen LogP contribution in [0.2, 0.25) is 0 Å². The summed E-state index contributed by atoms with van der Waals surface area (Å²) in [6, 6.07) is 0. The lowest BCUT2D eigenvalue weighted by molar-refractivity contribution is 0.0300. The second-order valence-corrected chi connectivity index (χ2v) is 4.85. The monoisotopic (exact) mass is 209 g/mol. The molecule has 1 aliphatic rings. The van der Waals surface area contributed by atoms with Crippen LogP contribution < -0.4 is 0 Å². The summed E-state index contributed by atoms with van der Waals surface area (Å²) in [7, 11) is 0. The molecular weight excluding hydrogens is 190 g/mol. The van der Waals surface area contributed by atoms with Crippen molar-refractivity contribution in [3.05, 3.63) is 23.8 Å². The smallest absolute Gasteiger partial charge is 0.410 e. The van der Waals surface area contributed by atoms with Gasteiger partial charge in [-0.1, -0.05) is 12.7 Å². The minimum atomic E-state index is -0.429. The summed E-state index contributed by atoms with van der Waals surface area (Å²) in [6.45, 7) is 12.6. The second-order valence-electron chi connectivity index (χ2n) is 4.85. The minimum Gasteiger partial charge on any atom is -0.444 e. The highest BCUT2D eigenvalue weighted by molar-refractivity contribution is 5.70. The van der Waals surface area contributed by atoms with Crippen molar-refractivity contribution >= 4 is 6.09 Å². The van der Waals surface area contributed by atoms with E-state index in [4.69, 9.17) is 4.74 Å². The summed E-state index contributed by atoms with van der Waals surface area (Å²) in [5, 5.41) is 0. The van der Waals surface area contributed by atoms with E-state index in [2.05, 4.69) is 6.58 Å². The first-order valence-electron chi connectivity index (χ1n) is 5.12. The number of amides is 1. The maximum atomic E-state index is 11.7. The minimum absolute atomic E-state index is 0.251. The molecule has 0 aliphatic carbocycles. The third-order valence-electron chi connectivity index (χ3n) is 2.24. The molecule has 84 valence electrons. The van der Waals surface area contributed by atoms with Gasteiger partial charge in [-0.3, -0.25) is 4.90 Å².